The fourth-order valence-electron chi connectivity index (χ4n) is 4.48. The molecule has 30 heavy (non-hydrogen) atoms. The van der Waals surface area contributed by atoms with Gasteiger partial charge >= 0.3 is 0 Å². The summed E-state index contributed by atoms with van der Waals surface area (Å²) >= 11 is 6.22. The average Bonchev–Trinajstić information content (AvgIpc) is 3.32. The molecular weight excluding hydrogens is 398 g/mol. The van der Waals surface area contributed by atoms with Crippen molar-refractivity contribution in [2.75, 3.05) is 18.0 Å². The van der Waals surface area contributed by atoms with Gasteiger partial charge in [-0.05, 0) is 49.9 Å². The summed E-state index contributed by atoms with van der Waals surface area (Å²) in [5, 5.41) is 7.96. The maximum absolute atomic E-state index is 6.22. The highest BCUT2D eigenvalue weighted by Gasteiger charge is 2.29. The van der Waals surface area contributed by atoms with Gasteiger partial charge in [-0.2, -0.15) is 5.10 Å². The predicted molar refractivity (Wildman–Crippen MR) is 118 cm³/mol. The predicted octanol–water partition coefficient (Wildman–Crippen LogP) is 4.41. The van der Waals surface area contributed by atoms with Gasteiger partial charge in [0, 0.05) is 36.6 Å². The molecule has 0 bridgehead atoms. The molecule has 0 amide bonds. The van der Waals surface area contributed by atoms with Gasteiger partial charge in [0.05, 0.1) is 28.8 Å². The highest BCUT2D eigenvalue weighted by Crippen LogP contribution is 2.33. The Morgan fingerprint density at radius 3 is 2.80 bits per heavy atom. The van der Waals surface area contributed by atoms with Crippen LogP contribution in [0.1, 0.15) is 36.2 Å². The zero-order valence-electron chi connectivity index (χ0n) is 17.3. The second-order valence-corrected chi connectivity index (χ2v) is 8.74. The van der Waals surface area contributed by atoms with Crippen molar-refractivity contribution in [1.82, 2.24) is 29.5 Å². The number of fused-ring (bicyclic) bond motifs is 1. The van der Waals surface area contributed by atoms with E-state index in [9.17, 15) is 0 Å². The number of aryl methyl sites for hydroxylation is 2. The molecule has 154 valence electrons. The molecule has 1 fully saturated rings. The fourth-order valence-corrected chi connectivity index (χ4v) is 4.64. The van der Waals surface area contributed by atoms with Crippen LogP contribution < -0.4 is 4.90 Å². The van der Waals surface area contributed by atoms with Crippen LogP contribution in [0.3, 0.4) is 0 Å². The Morgan fingerprint density at radius 2 is 2.00 bits per heavy atom. The molecule has 1 aliphatic rings. The Labute approximate surface area is 180 Å². The summed E-state index contributed by atoms with van der Waals surface area (Å²) < 4.78 is 1.98. The molecule has 7 nitrogen and oxygen atoms in total. The first-order valence-electron chi connectivity index (χ1n) is 10.2. The van der Waals surface area contributed by atoms with Crippen molar-refractivity contribution < 1.29 is 0 Å². The van der Waals surface area contributed by atoms with Crippen LogP contribution in [0.5, 0.6) is 0 Å². The third kappa shape index (κ3) is 3.43. The Bertz CT molecular complexity index is 1210. The minimum Gasteiger partial charge on any atom is -0.340 e. The lowest BCUT2D eigenvalue weighted by Gasteiger charge is -2.36. The number of hydrogen-bond acceptors (Lipinski definition) is 5. The van der Waals surface area contributed by atoms with Gasteiger partial charge in [0.25, 0.3) is 0 Å². The molecule has 1 aliphatic heterocycles. The van der Waals surface area contributed by atoms with E-state index in [1.165, 1.54) is 5.56 Å². The van der Waals surface area contributed by atoms with Crippen molar-refractivity contribution in [2.24, 2.45) is 5.92 Å². The Balaban J connectivity index is 1.53. The largest absolute Gasteiger partial charge is 0.340 e. The standard InChI is InChI=1S/C22H24ClN7/c1-13-6-16(18-8-25-28-15(18)3)11-29(10-13)22-26-14(2)7-19(27-22)20-9-24-21-5-4-17(23)12-30(20)21/h4-5,7-9,12-13,16H,6,10-11H2,1-3H3,(H,25,28)/t13-,16-/m1/s1. The van der Waals surface area contributed by atoms with E-state index in [1.807, 2.05) is 48.1 Å². The number of aromatic nitrogens is 6. The maximum atomic E-state index is 6.22. The normalized spacial score (nSPS) is 19.5. The van der Waals surface area contributed by atoms with Gasteiger partial charge in [-0.15, -0.1) is 0 Å². The lowest BCUT2D eigenvalue weighted by Crippen LogP contribution is -2.40. The highest BCUT2D eigenvalue weighted by atomic mass is 35.5. The number of hydrogen-bond donors (Lipinski definition) is 1. The Kier molecular flexibility index (Phi) is 4.70. The van der Waals surface area contributed by atoms with Crippen LogP contribution in [0, 0.1) is 19.8 Å². The maximum Gasteiger partial charge on any atom is 0.226 e. The van der Waals surface area contributed by atoms with E-state index >= 15 is 0 Å². The number of pyridine rings is 1. The van der Waals surface area contributed by atoms with Crippen molar-refractivity contribution in [3.63, 3.8) is 0 Å². The van der Waals surface area contributed by atoms with E-state index in [2.05, 4.69) is 33.9 Å². The van der Waals surface area contributed by atoms with Gasteiger partial charge in [0.1, 0.15) is 5.65 Å². The summed E-state index contributed by atoms with van der Waals surface area (Å²) in [6.07, 6.45) is 6.81. The molecule has 2 atom stereocenters. The summed E-state index contributed by atoms with van der Waals surface area (Å²) in [4.78, 5) is 16.5. The van der Waals surface area contributed by atoms with Crippen LogP contribution in [-0.2, 0) is 0 Å². The number of piperidine rings is 1. The molecule has 8 heteroatoms. The number of imidazole rings is 1. The van der Waals surface area contributed by atoms with E-state index < -0.39 is 0 Å². The lowest BCUT2D eigenvalue weighted by atomic mass is 9.86. The summed E-state index contributed by atoms with van der Waals surface area (Å²) in [5.41, 5.74) is 5.96. The summed E-state index contributed by atoms with van der Waals surface area (Å²) in [6, 6.07) is 5.75. The van der Waals surface area contributed by atoms with Crippen LogP contribution in [0.4, 0.5) is 5.95 Å². The first-order chi connectivity index (χ1) is 14.5. The first kappa shape index (κ1) is 19.1. The molecule has 1 saturated heterocycles. The lowest BCUT2D eigenvalue weighted by molar-refractivity contribution is 0.397. The number of nitrogens with zero attached hydrogens (tertiary/aromatic N) is 6. The molecule has 0 aliphatic carbocycles. The molecule has 5 heterocycles. The molecule has 5 rings (SSSR count). The van der Waals surface area contributed by atoms with Gasteiger partial charge in [0.2, 0.25) is 5.95 Å². The number of H-pyrrole nitrogens is 1. The van der Waals surface area contributed by atoms with E-state index in [-0.39, 0.29) is 0 Å². The van der Waals surface area contributed by atoms with Crippen LogP contribution in [0.25, 0.3) is 17.0 Å². The number of nitrogens with one attached hydrogen (secondary N) is 1. The number of aromatic amines is 1. The van der Waals surface area contributed by atoms with Crippen LogP contribution in [-0.4, -0.2) is 42.6 Å². The number of rotatable bonds is 3. The first-order valence-corrected chi connectivity index (χ1v) is 10.6. The monoisotopic (exact) mass is 421 g/mol. The third-order valence-corrected chi connectivity index (χ3v) is 6.05. The van der Waals surface area contributed by atoms with Gasteiger partial charge < -0.3 is 4.90 Å². The van der Waals surface area contributed by atoms with Crippen molar-refractivity contribution in [3.8, 4) is 11.4 Å². The molecular formula is C22H24ClN7. The van der Waals surface area contributed by atoms with Crippen LogP contribution >= 0.6 is 11.6 Å². The molecule has 1 N–H and O–H groups in total. The van der Waals surface area contributed by atoms with E-state index in [0.717, 1.165) is 53.9 Å². The van der Waals surface area contributed by atoms with Gasteiger partial charge in [-0.3, -0.25) is 9.50 Å². The molecule has 4 aromatic heterocycles. The minimum absolute atomic E-state index is 0.412. The smallest absolute Gasteiger partial charge is 0.226 e. The van der Waals surface area contributed by atoms with Crippen molar-refractivity contribution in [3.05, 3.63) is 58.8 Å². The van der Waals surface area contributed by atoms with Gasteiger partial charge in [0.15, 0.2) is 0 Å². The van der Waals surface area contributed by atoms with Crippen molar-refractivity contribution in [2.45, 2.75) is 33.1 Å². The third-order valence-electron chi connectivity index (χ3n) is 5.83. The van der Waals surface area contributed by atoms with Crippen molar-refractivity contribution >= 4 is 23.2 Å². The van der Waals surface area contributed by atoms with E-state index in [0.29, 0.717) is 16.9 Å². The fraction of sp³-hybridized carbons (Fsp3) is 0.364. The Morgan fingerprint density at radius 1 is 1.13 bits per heavy atom. The summed E-state index contributed by atoms with van der Waals surface area (Å²) in [5.74, 6) is 1.72. The topological polar surface area (TPSA) is 75.0 Å². The quantitative estimate of drug-likeness (QED) is 0.530. The number of anilines is 1. The second kappa shape index (κ2) is 7.40. The second-order valence-electron chi connectivity index (χ2n) is 8.31. The zero-order valence-corrected chi connectivity index (χ0v) is 18.1. The van der Waals surface area contributed by atoms with Crippen molar-refractivity contribution in [1.29, 1.82) is 0 Å². The SMILES string of the molecule is Cc1cc(-c2cnc3ccc(Cl)cn23)nc(N2C[C@H](C)C[C@@H](c3cn[nH]c3C)C2)n1. The summed E-state index contributed by atoms with van der Waals surface area (Å²) in [6.45, 7) is 8.21. The molecule has 0 radical (unpaired) electrons. The molecule has 0 aromatic carbocycles. The summed E-state index contributed by atoms with van der Waals surface area (Å²) in [7, 11) is 0. The molecule has 0 spiro atoms. The van der Waals surface area contributed by atoms with E-state index in [4.69, 9.17) is 21.6 Å². The molecule has 0 unspecified atom stereocenters. The zero-order chi connectivity index (χ0) is 20.8. The van der Waals surface area contributed by atoms with E-state index in [1.54, 1.807) is 0 Å². The molecule has 4 aromatic rings. The van der Waals surface area contributed by atoms with Gasteiger partial charge in [-0.1, -0.05) is 18.5 Å². The highest BCUT2D eigenvalue weighted by molar-refractivity contribution is 6.30. The van der Waals surface area contributed by atoms with Crippen LogP contribution in [0.15, 0.2) is 36.8 Å². The van der Waals surface area contributed by atoms with Crippen LogP contribution in [0.2, 0.25) is 5.02 Å². The number of halogens is 1. The van der Waals surface area contributed by atoms with Gasteiger partial charge in [-0.25, -0.2) is 15.0 Å². The average molecular weight is 422 g/mol. The Hall–Kier alpha value is -2.93. The minimum atomic E-state index is 0.412. The molecule has 0 saturated carbocycles.